The second-order valence-corrected chi connectivity index (χ2v) is 7.12. The van der Waals surface area contributed by atoms with Crippen LogP contribution >= 0.6 is 11.6 Å². The molecule has 30 heavy (non-hydrogen) atoms. The summed E-state index contributed by atoms with van der Waals surface area (Å²) in [5, 5.41) is 22.6. The Balaban J connectivity index is 2.10. The van der Waals surface area contributed by atoms with Crippen LogP contribution in [-0.2, 0) is 0 Å². The highest BCUT2D eigenvalue weighted by molar-refractivity contribution is 6.32. The molecule has 1 heterocycles. The van der Waals surface area contributed by atoms with Gasteiger partial charge >= 0.3 is 0 Å². The fourth-order valence-corrected chi connectivity index (χ4v) is 3.01. The van der Waals surface area contributed by atoms with E-state index in [4.69, 9.17) is 21.1 Å². The van der Waals surface area contributed by atoms with Gasteiger partial charge in [0.15, 0.2) is 11.5 Å². The number of rotatable bonds is 7. The molecule has 2 N–H and O–H groups in total. The highest BCUT2D eigenvalue weighted by Gasteiger charge is 2.18. The molecule has 1 aromatic heterocycles. The summed E-state index contributed by atoms with van der Waals surface area (Å²) in [6.45, 7) is 1.17. The van der Waals surface area contributed by atoms with E-state index in [-0.39, 0.29) is 22.0 Å². The first kappa shape index (κ1) is 21.4. The standard InChI is InChI=1S/C21H20ClFN4O3/c1-27(2)6-7-30-18-5-4-13-19(12(10-24)11-25-20(13)21(18)29-3)26-16-9-17(28)14(22)8-15(16)23/h4-5,8-9,11,28H,6-7H2,1-3H3,(H,25,26). The van der Waals surface area contributed by atoms with Crippen LogP contribution in [0.1, 0.15) is 5.56 Å². The molecule has 0 unspecified atom stereocenters. The van der Waals surface area contributed by atoms with E-state index in [1.54, 1.807) is 12.1 Å². The summed E-state index contributed by atoms with van der Waals surface area (Å²) in [5.41, 5.74) is 0.923. The Kier molecular flexibility index (Phi) is 6.45. The predicted molar refractivity (Wildman–Crippen MR) is 113 cm³/mol. The van der Waals surface area contributed by atoms with Crippen molar-refractivity contribution in [3.8, 4) is 23.3 Å². The number of nitrogens with zero attached hydrogens (tertiary/aromatic N) is 3. The number of methoxy groups -OCH3 is 1. The largest absolute Gasteiger partial charge is 0.506 e. The van der Waals surface area contributed by atoms with Crippen molar-refractivity contribution in [2.45, 2.75) is 0 Å². The molecule has 0 amide bonds. The third kappa shape index (κ3) is 4.32. The van der Waals surface area contributed by atoms with E-state index in [9.17, 15) is 14.8 Å². The van der Waals surface area contributed by atoms with Crippen LogP contribution in [0.2, 0.25) is 5.02 Å². The number of nitriles is 1. The number of benzene rings is 2. The molecule has 0 fully saturated rings. The third-order valence-corrected chi connectivity index (χ3v) is 4.68. The number of ether oxygens (including phenoxy) is 2. The van der Waals surface area contributed by atoms with E-state index in [0.29, 0.717) is 41.2 Å². The van der Waals surface area contributed by atoms with Crippen LogP contribution in [0, 0.1) is 17.1 Å². The van der Waals surface area contributed by atoms with Crippen molar-refractivity contribution in [2.24, 2.45) is 0 Å². The molecule has 0 saturated carbocycles. The highest BCUT2D eigenvalue weighted by atomic mass is 35.5. The minimum absolute atomic E-state index is 0.0359. The number of pyridine rings is 1. The Hall–Kier alpha value is -3.28. The van der Waals surface area contributed by atoms with Crippen molar-refractivity contribution in [3.05, 3.63) is 46.9 Å². The van der Waals surface area contributed by atoms with Crippen LogP contribution in [0.25, 0.3) is 10.9 Å². The number of nitrogens with one attached hydrogen (secondary N) is 1. The van der Waals surface area contributed by atoms with Gasteiger partial charge in [-0.05, 0) is 32.3 Å². The average Bonchev–Trinajstić information content (AvgIpc) is 2.71. The van der Waals surface area contributed by atoms with Gasteiger partial charge < -0.3 is 24.8 Å². The molecule has 0 bridgehead atoms. The molecular weight excluding hydrogens is 411 g/mol. The van der Waals surface area contributed by atoms with Crippen LogP contribution in [0.3, 0.4) is 0 Å². The molecule has 3 aromatic rings. The number of phenolic OH excluding ortho intramolecular Hbond substituents is 1. The fourth-order valence-electron chi connectivity index (χ4n) is 2.86. The molecule has 2 aromatic carbocycles. The summed E-state index contributed by atoms with van der Waals surface area (Å²) in [6, 6.07) is 7.61. The first-order valence-electron chi connectivity index (χ1n) is 8.98. The number of hydrogen-bond donors (Lipinski definition) is 2. The number of anilines is 2. The van der Waals surface area contributed by atoms with Crippen molar-refractivity contribution in [1.82, 2.24) is 9.88 Å². The van der Waals surface area contributed by atoms with Gasteiger partial charge in [0.05, 0.1) is 29.1 Å². The Morgan fingerprint density at radius 1 is 1.33 bits per heavy atom. The quantitative estimate of drug-likeness (QED) is 0.577. The summed E-state index contributed by atoms with van der Waals surface area (Å²) in [7, 11) is 5.38. The van der Waals surface area contributed by atoms with Crippen LogP contribution in [0.5, 0.6) is 17.2 Å². The van der Waals surface area contributed by atoms with E-state index < -0.39 is 5.82 Å². The second-order valence-electron chi connectivity index (χ2n) is 6.71. The molecule has 9 heteroatoms. The molecule has 7 nitrogen and oxygen atoms in total. The Labute approximate surface area is 178 Å². The lowest BCUT2D eigenvalue weighted by Crippen LogP contribution is -2.19. The van der Waals surface area contributed by atoms with Crippen molar-refractivity contribution in [2.75, 3.05) is 39.7 Å². The van der Waals surface area contributed by atoms with Gasteiger partial charge in [-0.2, -0.15) is 5.26 Å². The van der Waals surface area contributed by atoms with Gasteiger partial charge in [0.2, 0.25) is 0 Å². The maximum atomic E-state index is 14.4. The summed E-state index contributed by atoms with van der Waals surface area (Å²) >= 11 is 5.75. The van der Waals surface area contributed by atoms with E-state index >= 15 is 0 Å². The van der Waals surface area contributed by atoms with E-state index in [0.717, 1.165) is 12.1 Å². The summed E-state index contributed by atoms with van der Waals surface area (Å²) in [4.78, 5) is 6.33. The van der Waals surface area contributed by atoms with Crippen molar-refractivity contribution < 1.29 is 19.0 Å². The molecule has 0 aliphatic rings. The molecule has 0 aliphatic carbocycles. The highest BCUT2D eigenvalue weighted by Crippen LogP contribution is 2.40. The van der Waals surface area contributed by atoms with Gasteiger partial charge in [-0.3, -0.25) is 4.98 Å². The number of halogens is 2. The average molecular weight is 431 g/mol. The van der Waals surface area contributed by atoms with Crippen LogP contribution < -0.4 is 14.8 Å². The molecule has 156 valence electrons. The van der Waals surface area contributed by atoms with E-state index in [2.05, 4.69) is 10.3 Å². The molecule has 0 radical (unpaired) electrons. The zero-order valence-corrected chi connectivity index (χ0v) is 17.4. The molecule has 0 atom stereocenters. The summed E-state index contributed by atoms with van der Waals surface area (Å²) in [6.07, 6.45) is 1.37. The minimum Gasteiger partial charge on any atom is -0.506 e. The van der Waals surface area contributed by atoms with Gasteiger partial charge in [0.1, 0.15) is 29.8 Å². The van der Waals surface area contributed by atoms with Gasteiger partial charge in [0, 0.05) is 24.2 Å². The van der Waals surface area contributed by atoms with Gasteiger partial charge in [-0.1, -0.05) is 11.6 Å². The topological polar surface area (TPSA) is 90.6 Å². The lowest BCUT2D eigenvalue weighted by atomic mass is 10.1. The SMILES string of the molecule is COc1c(OCCN(C)C)ccc2c(Nc3cc(O)c(Cl)cc3F)c(C#N)cnc12. The van der Waals surface area contributed by atoms with Crippen LogP contribution in [0.4, 0.5) is 15.8 Å². The monoisotopic (exact) mass is 430 g/mol. The molecule has 3 rings (SSSR count). The second kappa shape index (κ2) is 9.03. The number of aromatic nitrogens is 1. The Bertz CT molecular complexity index is 1130. The Morgan fingerprint density at radius 2 is 2.10 bits per heavy atom. The molecule has 0 saturated heterocycles. The normalized spacial score (nSPS) is 10.8. The predicted octanol–water partition coefficient (Wildman–Crippen LogP) is 4.30. The van der Waals surface area contributed by atoms with Gasteiger partial charge in [-0.15, -0.1) is 0 Å². The molecular formula is C21H20ClFN4O3. The minimum atomic E-state index is -0.678. The lowest BCUT2D eigenvalue weighted by molar-refractivity contribution is 0.251. The number of fused-ring (bicyclic) bond motifs is 1. The summed E-state index contributed by atoms with van der Waals surface area (Å²) < 4.78 is 25.7. The first-order chi connectivity index (χ1) is 14.3. The summed E-state index contributed by atoms with van der Waals surface area (Å²) in [5.74, 6) is -0.0580. The van der Waals surface area contributed by atoms with Crippen LogP contribution in [-0.4, -0.2) is 49.3 Å². The van der Waals surface area contributed by atoms with E-state index in [1.807, 2.05) is 25.1 Å². The first-order valence-corrected chi connectivity index (χ1v) is 9.35. The van der Waals surface area contributed by atoms with Gasteiger partial charge in [0.25, 0.3) is 0 Å². The Morgan fingerprint density at radius 3 is 2.77 bits per heavy atom. The van der Waals surface area contributed by atoms with Crippen molar-refractivity contribution >= 4 is 33.9 Å². The lowest BCUT2D eigenvalue weighted by Gasteiger charge is -2.17. The smallest absolute Gasteiger partial charge is 0.187 e. The number of aromatic hydroxyl groups is 1. The fraction of sp³-hybridized carbons (Fsp3) is 0.238. The van der Waals surface area contributed by atoms with Crippen molar-refractivity contribution in [3.63, 3.8) is 0 Å². The number of likely N-dealkylation sites (N-methyl/N-ethyl adjacent to an activating group) is 1. The number of phenols is 1. The maximum absolute atomic E-state index is 14.4. The third-order valence-electron chi connectivity index (χ3n) is 4.37. The van der Waals surface area contributed by atoms with Gasteiger partial charge in [-0.25, -0.2) is 4.39 Å². The van der Waals surface area contributed by atoms with Crippen LogP contribution in [0.15, 0.2) is 30.5 Å². The zero-order chi connectivity index (χ0) is 21.8. The van der Waals surface area contributed by atoms with Crippen molar-refractivity contribution in [1.29, 1.82) is 5.26 Å². The maximum Gasteiger partial charge on any atom is 0.187 e. The molecule has 0 spiro atoms. The zero-order valence-electron chi connectivity index (χ0n) is 16.7. The van der Waals surface area contributed by atoms with E-state index in [1.165, 1.54) is 13.3 Å². The number of hydrogen-bond acceptors (Lipinski definition) is 7. The molecule has 0 aliphatic heterocycles.